The van der Waals surface area contributed by atoms with Gasteiger partial charge in [-0.1, -0.05) is 12.1 Å². The van der Waals surface area contributed by atoms with Crippen LogP contribution in [0.2, 0.25) is 0 Å². The van der Waals surface area contributed by atoms with Gasteiger partial charge in [-0.2, -0.15) is 0 Å². The van der Waals surface area contributed by atoms with Crippen molar-refractivity contribution in [1.82, 2.24) is 4.90 Å². The number of halogens is 1. The molecule has 17 heavy (non-hydrogen) atoms. The minimum absolute atomic E-state index is 0. The number of rotatable bonds is 4. The number of likely N-dealkylation sites (N-methyl/N-ethyl adjacent to an activating group) is 1. The Morgan fingerprint density at radius 2 is 2.12 bits per heavy atom. The summed E-state index contributed by atoms with van der Waals surface area (Å²) in [5.74, 6) is -0.567. The second-order valence-corrected chi connectivity index (χ2v) is 3.83. The van der Waals surface area contributed by atoms with Crippen LogP contribution < -0.4 is 18.1 Å². The third-order valence-electron chi connectivity index (χ3n) is 2.31. The van der Waals surface area contributed by atoms with Gasteiger partial charge in [0.25, 0.3) is 5.91 Å². The first-order valence-corrected chi connectivity index (χ1v) is 4.97. The number of primary amides is 1. The molecular weight excluding hydrogens is 240 g/mol. The molecule has 0 saturated heterocycles. The van der Waals surface area contributed by atoms with Crippen LogP contribution in [0, 0.1) is 5.39 Å². The van der Waals surface area contributed by atoms with Gasteiger partial charge in [0.15, 0.2) is 4.98 Å². The summed E-state index contributed by atoms with van der Waals surface area (Å²) >= 11 is 0. The maximum Gasteiger partial charge on any atom is 0.398 e. The van der Waals surface area contributed by atoms with Gasteiger partial charge in [-0.05, 0) is 26.1 Å². The standard InChI is InChI=1S/C11H14N4O.ClH/c1-15(2)7-6-8-4-3-5-9(14-13)10(8)11(12)16;/h3-5H,6-7H2,1-2H3,(H-,12,16);1H. The fraction of sp³-hybridized carbons (Fsp3) is 0.364. The van der Waals surface area contributed by atoms with E-state index in [1.165, 1.54) is 0 Å². The number of hydrogen-bond donors (Lipinski definition) is 1. The number of diazo groups is 1. The molecule has 0 aromatic heterocycles. The van der Waals surface area contributed by atoms with Gasteiger partial charge in [0.05, 0.1) is 0 Å². The summed E-state index contributed by atoms with van der Waals surface area (Å²) in [5.41, 5.74) is 6.60. The first kappa shape index (κ1) is 15.4. The van der Waals surface area contributed by atoms with Crippen molar-refractivity contribution < 1.29 is 17.2 Å². The summed E-state index contributed by atoms with van der Waals surface area (Å²) in [6.07, 6.45) is 0.689. The Balaban J connectivity index is 0.00000256. The molecule has 92 valence electrons. The highest BCUT2D eigenvalue weighted by Crippen LogP contribution is 2.22. The average molecular weight is 255 g/mol. The molecule has 0 radical (unpaired) electrons. The minimum atomic E-state index is -0.567. The summed E-state index contributed by atoms with van der Waals surface area (Å²) in [5, 5.41) is 8.78. The average Bonchev–Trinajstić information content (AvgIpc) is 2.25. The molecular formula is C11H15ClN4O. The second kappa shape index (κ2) is 6.84. The monoisotopic (exact) mass is 254 g/mol. The lowest BCUT2D eigenvalue weighted by molar-refractivity contribution is -0.0000121. The molecule has 0 heterocycles. The van der Waals surface area contributed by atoms with Crippen molar-refractivity contribution >= 4 is 11.6 Å². The zero-order valence-electron chi connectivity index (χ0n) is 9.85. The van der Waals surface area contributed by atoms with E-state index in [2.05, 4.69) is 4.98 Å². The van der Waals surface area contributed by atoms with Crippen LogP contribution in [0.15, 0.2) is 18.2 Å². The SMILES string of the molecule is CN(C)CCc1cccc([N+]#N)c1C(N)=O.[Cl-]. The van der Waals surface area contributed by atoms with Gasteiger partial charge in [-0.25, -0.2) is 0 Å². The van der Waals surface area contributed by atoms with Crippen molar-refractivity contribution in [3.63, 3.8) is 0 Å². The first-order valence-electron chi connectivity index (χ1n) is 4.97. The van der Waals surface area contributed by atoms with Crippen molar-refractivity contribution in [3.05, 3.63) is 34.3 Å². The predicted molar refractivity (Wildman–Crippen MR) is 62.0 cm³/mol. The number of nitrogens with two attached hydrogens (primary N) is 1. The zero-order valence-corrected chi connectivity index (χ0v) is 10.6. The van der Waals surface area contributed by atoms with Gasteiger partial charge >= 0.3 is 5.69 Å². The van der Waals surface area contributed by atoms with Gasteiger partial charge < -0.3 is 23.0 Å². The molecule has 2 N–H and O–H groups in total. The molecule has 0 atom stereocenters. The van der Waals surface area contributed by atoms with Crippen molar-refractivity contribution in [3.8, 4) is 0 Å². The van der Waals surface area contributed by atoms with Crippen molar-refractivity contribution in [2.75, 3.05) is 20.6 Å². The molecule has 0 saturated carbocycles. The minimum Gasteiger partial charge on any atom is -1.00 e. The maximum atomic E-state index is 11.3. The van der Waals surface area contributed by atoms with Crippen LogP contribution in [0.1, 0.15) is 15.9 Å². The molecule has 0 bridgehead atoms. The molecule has 0 unspecified atom stereocenters. The van der Waals surface area contributed by atoms with Gasteiger partial charge in [0.1, 0.15) is 5.56 Å². The molecule has 0 fully saturated rings. The zero-order chi connectivity index (χ0) is 12.1. The molecule has 0 spiro atoms. The Hall–Kier alpha value is -1.64. The fourth-order valence-corrected chi connectivity index (χ4v) is 1.51. The molecule has 0 aliphatic rings. The van der Waals surface area contributed by atoms with E-state index in [4.69, 9.17) is 11.1 Å². The molecule has 1 aromatic rings. The lowest BCUT2D eigenvalue weighted by Crippen LogP contribution is -3.00. The van der Waals surface area contributed by atoms with Crippen LogP contribution in [0.25, 0.3) is 4.98 Å². The smallest absolute Gasteiger partial charge is 0.398 e. The van der Waals surface area contributed by atoms with E-state index in [0.29, 0.717) is 12.0 Å². The van der Waals surface area contributed by atoms with Crippen molar-refractivity contribution in [2.24, 2.45) is 5.73 Å². The summed E-state index contributed by atoms with van der Waals surface area (Å²) in [6, 6.07) is 5.12. The molecule has 5 nitrogen and oxygen atoms in total. The Bertz CT molecular complexity index is 440. The van der Waals surface area contributed by atoms with Crippen molar-refractivity contribution in [2.45, 2.75) is 6.42 Å². The highest BCUT2D eigenvalue weighted by Gasteiger charge is 2.21. The predicted octanol–water partition coefficient (Wildman–Crippen LogP) is -1.62. The molecule has 6 heteroatoms. The lowest BCUT2D eigenvalue weighted by Gasteiger charge is -2.10. The quantitative estimate of drug-likeness (QED) is 0.657. The van der Waals surface area contributed by atoms with E-state index in [1.54, 1.807) is 12.1 Å². The van der Waals surface area contributed by atoms with Gasteiger partial charge in [-0.15, -0.1) is 0 Å². The van der Waals surface area contributed by atoms with E-state index in [1.807, 2.05) is 25.1 Å². The van der Waals surface area contributed by atoms with Crippen LogP contribution in [0.3, 0.4) is 0 Å². The highest BCUT2D eigenvalue weighted by atomic mass is 35.5. The number of amides is 1. The van der Waals surface area contributed by atoms with Gasteiger partial charge in [0, 0.05) is 12.6 Å². The maximum absolute atomic E-state index is 11.3. The lowest BCUT2D eigenvalue weighted by atomic mass is 10.0. The van der Waals surface area contributed by atoms with Gasteiger partial charge in [-0.3, -0.25) is 4.79 Å². The molecule has 1 rings (SSSR count). The van der Waals surface area contributed by atoms with Crippen LogP contribution >= 0.6 is 0 Å². The molecule has 1 amide bonds. The number of hydrogen-bond acceptors (Lipinski definition) is 3. The van der Waals surface area contributed by atoms with E-state index >= 15 is 0 Å². The van der Waals surface area contributed by atoms with E-state index in [9.17, 15) is 4.79 Å². The van der Waals surface area contributed by atoms with Crippen LogP contribution in [0.5, 0.6) is 0 Å². The van der Waals surface area contributed by atoms with Crippen molar-refractivity contribution in [1.29, 1.82) is 5.39 Å². The molecule has 1 aromatic carbocycles. The fourth-order valence-electron chi connectivity index (χ4n) is 1.51. The number of nitrogens with zero attached hydrogens (tertiary/aromatic N) is 3. The summed E-state index contributed by atoms with van der Waals surface area (Å²) in [7, 11) is 3.90. The number of benzene rings is 1. The molecule has 0 aliphatic heterocycles. The topological polar surface area (TPSA) is 74.5 Å². The third kappa shape index (κ3) is 4.02. The second-order valence-electron chi connectivity index (χ2n) is 3.83. The molecule has 0 aliphatic carbocycles. The van der Waals surface area contributed by atoms with E-state index < -0.39 is 5.91 Å². The Kier molecular flexibility index (Phi) is 6.18. The Morgan fingerprint density at radius 1 is 1.47 bits per heavy atom. The van der Waals surface area contributed by atoms with Gasteiger partial charge in [0.2, 0.25) is 5.39 Å². The summed E-state index contributed by atoms with van der Waals surface area (Å²) in [6.45, 7) is 0.801. The van der Waals surface area contributed by atoms with Crippen LogP contribution in [0.4, 0.5) is 5.69 Å². The summed E-state index contributed by atoms with van der Waals surface area (Å²) < 4.78 is 0. The first-order chi connectivity index (χ1) is 7.56. The number of carbonyl (C=O) groups is 1. The number of carbonyl (C=O) groups excluding carboxylic acids is 1. The Morgan fingerprint density at radius 3 is 2.59 bits per heavy atom. The Labute approximate surface area is 107 Å². The highest BCUT2D eigenvalue weighted by molar-refractivity contribution is 6.00. The van der Waals surface area contributed by atoms with Crippen LogP contribution in [-0.4, -0.2) is 31.4 Å². The normalized spacial score (nSPS) is 9.53. The van der Waals surface area contributed by atoms with E-state index in [0.717, 1.165) is 12.1 Å². The summed E-state index contributed by atoms with van der Waals surface area (Å²) in [4.78, 5) is 16.4. The largest absolute Gasteiger partial charge is 1.00 e. The van der Waals surface area contributed by atoms with Crippen LogP contribution in [-0.2, 0) is 6.42 Å². The van der Waals surface area contributed by atoms with E-state index in [-0.39, 0.29) is 18.1 Å². The third-order valence-corrected chi connectivity index (χ3v) is 2.31.